The minimum absolute atomic E-state index is 0.0188. The fourth-order valence-electron chi connectivity index (χ4n) is 4.08. The van der Waals surface area contributed by atoms with Crippen LogP contribution in [-0.4, -0.2) is 28.7 Å². The van der Waals surface area contributed by atoms with E-state index in [0.717, 1.165) is 16.7 Å². The highest BCUT2D eigenvalue weighted by molar-refractivity contribution is 5.67. The Kier molecular flexibility index (Phi) is 6.41. The Bertz CT molecular complexity index is 1120. The minimum atomic E-state index is -1.75. The van der Waals surface area contributed by atoms with Gasteiger partial charge in [-0.05, 0) is 53.8 Å². The van der Waals surface area contributed by atoms with Crippen molar-refractivity contribution in [1.29, 1.82) is 0 Å². The average Bonchev–Trinajstić information content (AvgIpc) is 3.17. The van der Waals surface area contributed by atoms with Gasteiger partial charge < -0.3 is 24.8 Å². The summed E-state index contributed by atoms with van der Waals surface area (Å²) < 4.78 is 40.4. The highest BCUT2D eigenvalue weighted by Crippen LogP contribution is 2.39. The Hall–Kier alpha value is -3.00. The lowest BCUT2D eigenvalue weighted by atomic mass is 9.99. The Labute approximate surface area is 184 Å². The lowest BCUT2D eigenvalue weighted by Crippen LogP contribution is -2.13. The van der Waals surface area contributed by atoms with Crippen LogP contribution in [-0.2, 0) is 6.42 Å². The molecule has 0 unspecified atom stereocenters. The van der Waals surface area contributed by atoms with Crippen molar-refractivity contribution in [2.45, 2.75) is 37.8 Å². The third-order valence-corrected chi connectivity index (χ3v) is 5.71. The molecule has 2 atom stereocenters. The number of methoxy groups -OCH3 is 1. The molecule has 0 fully saturated rings. The first-order valence-corrected chi connectivity index (χ1v) is 10.3. The van der Waals surface area contributed by atoms with Gasteiger partial charge in [0.2, 0.25) is 0 Å². The molecule has 4 rings (SSSR count). The molecule has 3 N–H and O–H groups in total. The van der Waals surface area contributed by atoms with Crippen LogP contribution < -0.4 is 9.47 Å². The monoisotopic (exact) mass is 442 g/mol. The van der Waals surface area contributed by atoms with Crippen molar-refractivity contribution in [3.05, 3.63) is 82.9 Å². The maximum absolute atomic E-state index is 14.9. The number of hydrogen-bond acceptors (Lipinski definition) is 5. The Morgan fingerprint density at radius 1 is 1.03 bits per heavy atom. The number of aryl methyl sites for hydroxylation is 1. The number of hydrogen-bond donors (Lipinski definition) is 3. The summed E-state index contributed by atoms with van der Waals surface area (Å²) in [7, 11) is 1.53. The van der Waals surface area contributed by atoms with E-state index in [1.807, 2.05) is 12.1 Å². The maximum Gasteiger partial charge on any atom is 0.170 e. The summed E-state index contributed by atoms with van der Waals surface area (Å²) in [6, 6.07) is 14.6. The van der Waals surface area contributed by atoms with Gasteiger partial charge in [0.15, 0.2) is 17.9 Å². The molecule has 0 aromatic heterocycles. The lowest BCUT2D eigenvalue weighted by molar-refractivity contribution is -0.0708. The number of fused-ring (bicyclic) bond motifs is 1. The van der Waals surface area contributed by atoms with Crippen LogP contribution in [0, 0.1) is 11.6 Å². The lowest BCUT2D eigenvalue weighted by Gasteiger charge is -2.19. The molecule has 0 radical (unpaired) electrons. The van der Waals surface area contributed by atoms with Crippen LogP contribution >= 0.6 is 0 Å². The summed E-state index contributed by atoms with van der Waals surface area (Å²) in [5.41, 5.74) is 3.00. The van der Waals surface area contributed by atoms with Gasteiger partial charge >= 0.3 is 0 Å². The normalized spacial score (nSPS) is 16.2. The number of rotatable bonds is 7. The van der Waals surface area contributed by atoms with E-state index in [9.17, 15) is 13.9 Å². The molecule has 5 nitrogen and oxygen atoms in total. The summed E-state index contributed by atoms with van der Waals surface area (Å²) in [6.07, 6.45) is -2.59. The van der Waals surface area contributed by atoms with Crippen LogP contribution in [0.15, 0.2) is 54.6 Å². The van der Waals surface area contributed by atoms with Crippen molar-refractivity contribution in [1.82, 2.24) is 0 Å². The topological polar surface area (TPSA) is 79.2 Å². The van der Waals surface area contributed by atoms with Crippen molar-refractivity contribution in [2.75, 3.05) is 7.11 Å². The van der Waals surface area contributed by atoms with E-state index < -0.39 is 24.6 Å². The number of aliphatic hydroxyl groups excluding tert-OH is 2. The van der Waals surface area contributed by atoms with E-state index in [4.69, 9.17) is 19.7 Å². The maximum atomic E-state index is 14.9. The smallest absolute Gasteiger partial charge is 0.170 e. The molecule has 168 valence electrons. The predicted octanol–water partition coefficient (Wildman–Crippen LogP) is 4.44. The molecule has 7 heteroatoms. The van der Waals surface area contributed by atoms with Gasteiger partial charge in [-0.2, -0.15) is 0 Å². The van der Waals surface area contributed by atoms with E-state index >= 15 is 0 Å². The van der Waals surface area contributed by atoms with E-state index in [1.165, 1.54) is 25.3 Å². The van der Waals surface area contributed by atoms with Gasteiger partial charge in [-0.15, -0.1) is 0 Å². The second-order valence-electron chi connectivity index (χ2n) is 7.80. The number of ether oxygens (including phenoxy) is 2. The van der Waals surface area contributed by atoms with Crippen molar-refractivity contribution < 1.29 is 33.6 Å². The van der Waals surface area contributed by atoms with Crippen molar-refractivity contribution in [3.8, 4) is 22.6 Å². The van der Waals surface area contributed by atoms with Crippen molar-refractivity contribution >= 4 is 0 Å². The van der Waals surface area contributed by atoms with Crippen LogP contribution in [0.5, 0.6) is 11.5 Å². The van der Waals surface area contributed by atoms with E-state index in [2.05, 4.69) is 0 Å². The van der Waals surface area contributed by atoms with Crippen LogP contribution in [0.25, 0.3) is 11.1 Å². The molecule has 3 aromatic rings. The van der Waals surface area contributed by atoms with E-state index in [0.29, 0.717) is 24.2 Å². The molecule has 0 bridgehead atoms. The summed E-state index contributed by atoms with van der Waals surface area (Å²) in [5.74, 6) is -0.532. The molecule has 3 aromatic carbocycles. The molecule has 0 aliphatic heterocycles. The van der Waals surface area contributed by atoms with Crippen LogP contribution in [0.2, 0.25) is 0 Å². The van der Waals surface area contributed by atoms with Gasteiger partial charge in [-0.1, -0.05) is 30.3 Å². The van der Waals surface area contributed by atoms with E-state index in [1.54, 1.807) is 24.3 Å². The molecule has 0 amide bonds. The molecule has 32 heavy (non-hydrogen) atoms. The summed E-state index contributed by atoms with van der Waals surface area (Å²) in [5, 5.41) is 28.2. The second-order valence-corrected chi connectivity index (χ2v) is 7.80. The van der Waals surface area contributed by atoms with Crippen LogP contribution in [0.3, 0.4) is 0 Å². The summed E-state index contributed by atoms with van der Waals surface area (Å²) in [6.45, 7) is 0. The third-order valence-electron chi connectivity index (χ3n) is 5.71. The van der Waals surface area contributed by atoms with Crippen molar-refractivity contribution in [3.63, 3.8) is 0 Å². The fourth-order valence-corrected chi connectivity index (χ4v) is 4.08. The number of halogens is 2. The zero-order valence-corrected chi connectivity index (χ0v) is 17.5. The zero-order valence-electron chi connectivity index (χ0n) is 17.5. The van der Waals surface area contributed by atoms with E-state index in [-0.39, 0.29) is 23.2 Å². The Morgan fingerprint density at radius 2 is 1.84 bits per heavy atom. The zero-order chi connectivity index (χ0) is 22.8. The predicted molar refractivity (Wildman–Crippen MR) is 114 cm³/mol. The second kappa shape index (κ2) is 9.24. The van der Waals surface area contributed by atoms with Gasteiger partial charge in [0.05, 0.1) is 13.2 Å². The molecule has 0 saturated carbocycles. The largest absolute Gasteiger partial charge is 0.497 e. The third kappa shape index (κ3) is 4.46. The molecule has 0 spiro atoms. The quantitative estimate of drug-likeness (QED) is 0.472. The minimum Gasteiger partial charge on any atom is -0.497 e. The van der Waals surface area contributed by atoms with Gasteiger partial charge in [-0.3, -0.25) is 0 Å². The van der Waals surface area contributed by atoms with Gasteiger partial charge in [-0.25, -0.2) is 8.78 Å². The first-order chi connectivity index (χ1) is 15.4. The van der Waals surface area contributed by atoms with Crippen LogP contribution in [0.1, 0.15) is 41.7 Å². The van der Waals surface area contributed by atoms with Gasteiger partial charge in [0.25, 0.3) is 0 Å². The number of benzene rings is 3. The molecule has 1 aliphatic carbocycles. The average molecular weight is 442 g/mol. The fraction of sp³-hybridized carbons (Fsp3) is 0.280. The molecular weight excluding hydrogens is 418 g/mol. The molecule has 0 saturated heterocycles. The van der Waals surface area contributed by atoms with Gasteiger partial charge in [0.1, 0.15) is 17.7 Å². The molecular formula is C25H24F2O5. The highest BCUT2D eigenvalue weighted by Gasteiger charge is 2.27. The van der Waals surface area contributed by atoms with Crippen molar-refractivity contribution in [2.24, 2.45) is 0 Å². The molecule has 0 heterocycles. The molecule has 1 aliphatic rings. The SMILES string of the molecule is COc1ccc(F)c(-c2ccc3c(c2)CC[C@H]3Oc2cccc([C@H](O)CC(O)O)c2F)c1. The summed E-state index contributed by atoms with van der Waals surface area (Å²) in [4.78, 5) is 0. The number of aliphatic hydroxyl groups is 3. The first kappa shape index (κ1) is 22.2. The highest BCUT2D eigenvalue weighted by atomic mass is 19.1. The first-order valence-electron chi connectivity index (χ1n) is 10.3. The standard InChI is InChI=1S/C25H24F2O5/c1-31-16-7-9-20(26)19(12-16)15-5-8-17-14(11-15)6-10-22(17)32-23-4-2-3-18(25(23)27)21(28)13-24(29)30/h2-5,7-9,11-12,21-22,24,28-30H,6,10,13H2,1H3/t21-,22-/m1/s1. The summed E-state index contributed by atoms with van der Waals surface area (Å²) >= 11 is 0. The van der Waals surface area contributed by atoms with Gasteiger partial charge in [0, 0.05) is 17.5 Å². The Balaban J connectivity index is 1.58. The van der Waals surface area contributed by atoms with Crippen LogP contribution in [0.4, 0.5) is 8.78 Å². The Morgan fingerprint density at radius 3 is 2.59 bits per heavy atom.